The van der Waals surface area contributed by atoms with Crippen LogP contribution in [0.5, 0.6) is 0 Å². The molecular formula is C25H41N5O5Si. The van der Waals surface area contributed by atoms with Crippen LogP contribution in [0.2, 0.25) is 18.1 Å². The van der Waals surface area contributed by atoms with Gasteiger partial charge in [0.25, 0.3) is 0 Å². The van der Waals surface area contributed by atoms with Gasteiger partial charge in [0.05, 0.1) is 30.7 Å². The van der Waals surface area contributed by atoms with Crippen molar-refractivity contribution in [1.29, 1.82) is 0 Å². The fraction of sp³-hybridized carbons (Fsp3) is 0.720. The maximum absolute atomic E-state index is 13.8. The summed E-state index contributed by atoms with van der Waals surface area (Å²) in [5, 5.41) is 0.0126. The van der Waals surface area contributed by atoms with Gasteiger partial charge in [-0.1, -0.05) is 20.8 Å². The number of nitrogens with two attached hydrogens (primary N) is 1. The van der Waals surface area contributed by atoms with E-state index in [9.17, 15) is 4.79 Å². The van der Waals surface area contributed by atoms with Crippen molar-refractivity contribution < 1.29 is 23.4 Å². The molecule has 0 saturated carbocycles. The Labute approximate surface area is 214 Å². The van der Waals surface area contributed by atoms with Gasteiger partial charge in [0.2, 0.25) is 0 Å². The lowest BCUT2D eigenvalue weighted by Gasteiger charge is -2.40. The average Bonchev–Trinajstić information content (AvgIpc) is 3.34. The van der Waals surface area contributed by atoms with Crippen molar-refractivity contribution in [3.8, 4) is 11.4 Å². The summed E-state index contributed by atoms with van der Waals surface area (Å²) >= 11 is 0. The molecule has 4 aliphatic heterocycles. The summed E-state index contributed by atoms with van der Waals surface area (Å²) in [5.74, 6) is -0.502. The Kier molecular flexibility index (Phi) is 6.47. The predicted octanol–water partition coefficient (Wildman–Crippen LogP) is 4.69. The Morgan fingerprint density at radius 3 is 2.42 bits per heavy atom. The number of hydrogen-bond donors (Lipinski definition) is 2. The molecule has 36 heavy (non-hydrogen) atoms. The van der Waals surface area contributed by atoms with Crippen molar-refractivity contribution in [2.45, 2.75) is 109 Å². The molecule has 0 aromatic carbocycles. The van der Waals surface area contributed by atoms with E-state index in [2.05, 4.69) is 48.8 Å². The van der Waals surface area contributed by atoms with Crippen molar-refractivity contribution in [3.05, 3.63) is 18.1 Å². The second kappa shape index (κ2) is 8.68. The van der Waals surface area contributed by atoms with E-state index >= 15 is 0 Å². The zero-order valence-corrected chi connectivity index (χ0v) is 24.1. The molecule has 0 spiro atoms. The molecule has 3 N–H and O–H groups in total. The molecule has 4 atom stereocenters. The number of nitrogen functional groups attached to an aromatic ring is 1. The molecule has 200 valence electrons. The third-order valence-electron chi connectivity index (χ3n) is 7.37. The first-order valence-corrected chi connectivity index (χ1v) is 15.4. The highest BCUT2D eigenvalue weighted by Gasteiger charge is 2.61. The second-order valence-corrected chi connectivity index (χ2v) is 17.6. The van der Waals surface area contributed by atoms with Crippen molar-refractivity contribution in [3.63, 3.8) is 0 Å². The Morgan fingerprint density at radius 2 is 1.81 bits per heavy atom. The maximum atomic E-state index is 13.8. The van der Waals surface area contributed by atoms with Crippen molar-refractivity contribution in [2.24, 2.45) is 0 Å². The maximum Gasteiger partial charge on any atom is 0.411 e. The molecule has 0 unspecified atom stereocenters. The summed E-state index contributed by atoms with van der Waals surface area (Å²) in [4.78, 5) is 27.3. The topological polar surface area (TPSA) is 125 Å². The van der Waals surface area contributed by atoms with Gasteiger partial charge in [-0.05, 0) is 52.8 Å². The average molecular weight is 520 g/mol. The van der Waals surface area contributed by atoms with Crippen LogP contribution >= 0.6 is 0 Å². The van der Waals surface area contributed by atoms with Gasteiger partial charge in [-0.2, -0.15) is 0 Å². The van der Waals surface area contributed by atoms with Crippen molar-refractivity contribution in [2.75, 3.05) is 12.3 Å². The number of nitrogens with one attached hydrogen (secondary N) is 1. The summed E-state index contributed by atoms with van der Waals surface area (Å²) in [6.07, 6.45) is 1.94. The van der Waals surface area contributed by atoms with Crippen LogP contribution in [0.15, 0.2) is 12.5 Å². The summed E-state index contributed by atoms with van der Waals surface area (Å²) in [5.41, 5.74) is 7.44. The van der Waals surface area contributed by atoms with Crippen LogP contribution in [0, 0.1) is 0 Å². The Hall–Kier alpha value is -2.21. The first-order valence-electron chi connectivity index (χ1n) is 12.5. The predicted molar refractivity (Wildman–Crippen MR) is 139 cm³/mol. The number of fused-ring (bicyclic) bond motifs is 2. The van der Waals surface area contributed by atoms with Gasteiger partial charge in [-0.3, -0.25) is 9.88 Å². The molecular weight excluding hydrogens is 478 g/mol. The van der Waals surface area contributed by atoms with Crippen molar-refractivity contribution >= 4 is 20.2 Å². The number of likely N-dealkylation sites (tertiary alicyclic amines) is 1. The normalized spacial score (nSPS) is 26.4. The van der Waals surface area contributed by atoms with Crippen LogP contribution in [0.4, 0.5) is 10.6 Å². The zero-order chi connectivity index (χ0) is 26.8. The summed E-state index contributed by atoms with van der Waals surface area (Å²) in [6.45, 7) is 20.6. The minimum atomic E-state index is -2.12. The molecule has 4 rings (SSSR count). The number of anilines is 1. The minimum absolute atomic E-state index is 0.0126. The van der Waals surface area contributed by atoms with Crippen molar-refractivity contribution in [1.82, 2.24) is 19.9 Å². The third-order valence-corrected chi connectivity index (χ3v) is 11.9. The lowest BCUT2D eigenvalue weighted by molar-refractivity contribution is -0.168. The zero-order valence-electron chi connectivity index (χ0n) is 23.1. The monoisotopic (exact) mass is 519 g/mol. The van der Waals surface area contributed by atoms with Crippen LogP contribution in [0.1, 0.15) is 67.0 Å². The van der Waals surface area contributed by atoms with E-state index in [1.165, 1.54) is 6.33 Å². The van der Waals surface area contributed by atoms with Crippen LogP contribution in [-0.4, -0.2) is 70.5 Å². The molecule has 11 heteroatoms. The van der Waals surface area contributed by atoms with Crippen LogP contribution in [0.3, 0.4) is 0 Å². The van der Waals surface area contributed by atoms with Gasteiger partial charge >= 0.3 is 6.09 Å². The fourth-order valence-electron chi connectivity index (χ4n) is 4.66. The molecule has 1 amide bonds. The van der Waals surface area contributed by atoms with Gasteiger partial charge in [-0.15, -0.1) is 0 Å². The van der Waals surface area contributed by atoms with E-state index in [0.29, 0.717) is 23.8 Å². The van der Waals surface area contributed by atoms with Gasteiger partial charge in [0.1, 0.15) is 23.5 Å². The highest BCUT2D eigenvalue weighted by molar-refractivity contribution is 6.74. The third kappa shape index (κ3) is 4.85. The molecule has 2 fully saturated rings. The number of rotatable bonds is 4. The SMILES string of the molecule is CC(C)(C)OC(=O)N1[C@H](CO[Si](C)(C)C(C)(C)C)[C@H]2OC(C)(C)O[C@H]2[C@@H]1c1cnc2c(N)nc[nH]c1-2. The van der Waals surface area contributed by atoms with E-state index in [1.807, 2.05) is 34.6 Å². The summed E-state index contributed by atoms with van der Waals surface area (Å²) in [7, 11) is -2.12. The van der Waals surface area contributed by atoms with E-state index in [4.69, 9.17) is 24.4 Å². The smallest absolute Gasteiger partial charge is 0.411 e. The Balaban J connectivity index is 1.79. The van der Waals surface area contributed by atoms with Crippen LogP contribution in [-0.2, 0) is 18.6 Å². The van der Waals surface area contributed by atoms with E-state index in [0.717, 1.165) is 5.56 Å². The lowest BCUT2D eigenvalue weighted by atomic mass is 10.0. The summed E-state index contributed by atoms with van der Waals surface area (Å²) in [6, 6.07) is -0.947. The molecule has 0 bridgehead atoms. The Morgan fingerprint density at radius 1 is 1.17 bits per heavy atom. The first-order chi connectivity index (χ1) is 16.4. The number of carbonyl (C=O) groups excluding carboxylic acids is 1. The van der Waals surface area contributed by atoms with E-state index in [1.54, 1.807) is 11.1 Å². The molecule has 2 saturated heterocycles. The number of nitrogens with zero attached hydrogens (tertiary/aromatic N) is 3. The van der Waals surface area contributed by atoms with Gasteiger partial charge in [0.15, 0.2) is 19.9 Å². The molecule has 4 aliphatic rings. The number of carbonyl (C=O) groups is 1. The fourth-order valence-corrected chi connectivity index (χ4v) is 5.68. The molecule has 4 heterocycles. The molecule has 0 aromatic rings. The largest absolute Gasteiger partial charge is 0.444 e. The first kappa shape index (κ1) is 26.8. The second-order valence-electron chi connectivity index (χ2n) is 12.8. The van der Waals surface area contributed by atoms with E-state index in [-0.39, 0.29) is 5.04 Å². The Bertz CT molecular complexity index is 1090. The number of amides is 1. The standard InChI is InChI=1S/C25H41N5O5Si/c1-23(2,3)35-22(31)30-15(12-32-36(9,10)24(4,5)6)19-20(34-25(7,8)33-19)18(30)14-11-27-17-16(14)28-13-29-21(17)26/h11,13,15,18-20H,12,26H2,1-10H3,(H,28,29)/t15-,18+,19-,20+/m1/s1. The van der Waals surface area contributed by atoms with Gasteiger partial charge in [-0.25, -0.2) is 9.78 Å². The molecule has 0 aliphatic carbocycles. The summed E-state index contributed by atoms with van der Waals surface area (Å²) < 4.78 is 25.4. The molecule has 0 aromatic heterocycles. The number of aromatic nitrogens is 3. The van der Waals surface area contributed by atoms with Gasteiger partial charge in [0, 0.05) is 11.8 Å². The van der Waals surface area contributed by atoms with Crippen LogP contribution in [0.25, 0.3) is 11.4 Å². The number of hydrogen-bond acceptors (Lipinski definition) is 8. The highest BCUT2D eigenvalue weighted by atomic mass is 28.4. The highest BCUT2D eigenvalue weighted by Crippen LogP contribution is 2.50. The van der Waals surface area contributed by atoms with E-state index < -0.39 is 50.1 Å². The quantitative estimate of drug-likeness (QED) is 0.557. The number of H-pyrrole nitrogens is 1. The molecule has 0 radical (unpaired) electrons. The number of ether oxygens (including phenoxy) is 3. The minimum Gasteiger partial charge on any atom is -0.444 e. The number of aromatic amines is 1. The van der Waals surface area contributed by atoms with Gasteiger partial charge < -0.3 is 29.4 Å². The lowest BCUT2D eigenvalue weighted by Crippen LogP contribution is -2.50. The molecule has 10 nitrogen and oxygen atoms in total. The van der Waals surface area contributed by atoms with Crippen LogP contribution < -0.4 is 5.73 Å².